The van der Waals surface area contributed by atoms with Crippen molar-refractivity contribution < 1.29 is 9.66 Å². The van der Waals surface area contributed by atoms with E-state index in [1.165, 1.54) is 12.8 Å². The molecule has 5 heteroatoms. The number of ether oxygens (including phenoxy) is 1. The molecule has 1 saturated carbocycles. The molecule has 1 aromatic carbocycles. The van der Waals surface area contributed by atoms with E-state index >= 15 is 0 Å². The van der Waals surface area contributed by atoms with Crippen molar-refractivity contribution in [3.63, 3.8) is 0 Å². The summed E-state index contributed by atoms with van der Waals surface area (Å²) in [4.78, 5) is 10.5. The SMILES string of the molecule is Cc1cc([N+](=O)[O-])c(C)cc1OCCCNC1CC1. The highest BCUT2D eigenvalue weighted by Crippen LogP contribution is 2.27. The average molecular weight is 264 g/mol. The van der Waals surface area contributed by atoms with Crippen LogP contribution in [0.2, 0.25) is 0 Å². The molecule has 0 heterocycles. The highest BCUT2D eigenvalue weighted by molar-refractivity contribution is 5.49. The van der Waals surface area contributed by atoms with Crippen LogP contribution in [0.4, 0.5) is 5.69 Å². The summed E-state index contributed by atoms with van der Waals surface area (Å²) in [6.07, 6.45) is 3.54. The van der Waals surface area contributed by atoms with E-state index in [0.717, 1.165) is 30.3 Å². The highest BCUT2D eigenvalue weighted by Gasteiger charge is 2.19. The smallest absolute Gasteiger partial charge is 0.272 e. The predicted octanol–water partition coefficient (Wildman–Crippen LogP) is 2.73. The number of hydrogen-bond donors (Lipinski definition) is 1. The van der Waals surface area contributed by atoms with E-state index in [9.17, 15) is 10.1 Å². The molecule has 2 rings (SSSR count). The lowest BCUT2D eigenvalue weighted by molar-refractivity contribution is -0.385. The first kappa shape index (κ1) is 13.8. The van der Waals surface area contributed by atoms with E-state index in [1.807, 2.05) is 6.92 Å². The molecule has 0 saturated heterocycles. The van der Waals surface area contributed by atoms with E-state index in [1.54, 1.807) is 19.1 Å². The van der Waals surface area contributed by atoms with E-state index in [0.29, 0.717) is 12.2 Å². The lowest BCUT2D eigenvalue weighted by Gasteiger charge is -2.10. The molecule has 0 bridgehead atoms. The molecule has 104 valence electrons. The Labute approximate surface area is 113 Å². The van der Waals surface area contributed by atoms with Gasteiger partial charge in [0.15, 0.2) is 0 Å². The normalized spacial score (nSPS) is 14.4. The third-order valence-corrected chi connectivity index (χ3v) is 3.28. The molecule has 19 heavy (non-hydrogen) atoms. The van der Waals surface area contributed by atoms with Crippen LogP contribution < -0.4 is 10.1 Å². The van der Waals surface area contributed by atoms with Crippen LogP contribution in [0.1, 0.15) is 30.4 Å². The van der Waals surface area contributed by atoms with Crippen LogP contribution in [0.25, 0.3) is 0 Å². The number of nitro groups is 1. The van der Waals surface area contributed by atoms with Crippen molar-refractivity contribution in [1.29, 1.82) is 0 Å². The number of hydrogen-bond acceptors (Lipinski definition) is 4. The molecule has 1 aromatic rings. The second-order valence-corrected chi connectivity index (χ2v) is 5.09. The van der Waals surface area contributed by atoms with Gasteiger partial charge in [-0.1, -0.05) is 0 Å². The van der Waals surface area contributed by atoms with Gasteiger partial charge in [0.2, 0.25) is 0 Å². The summed E-state index contributed by atoms with van der Waals surface area (Å²) in [5, 5.41) is 14.2. The molecule has 0 spiro atoms. The van der Waals surface area contributed by atoms with Crippen molar-refractivity contribution in [2.75, 3.05) is 13.2 Å². The Morgan fingerprint density at radius 1 is 1.37 bits per heavy atom. The number of benzene rings is 1. The van der Waals surface area contributed by atoms with Crippen LogP contribution in [0.5, 0.6) is 5.75 Å². The first-order chi connectivity index (χ1) is 9.08. The van der Waals surface area contributed by atoms with Gasteiger partial charge in [-0.25, -0.2) is 0 Å². The van der Waals surface area contributed by atoms with Gasteiger partial charge in [0.1, 0.15) is 5.75 Å². The van der Waals surface area contributed by atoms with Crippen molar-refractivity contribution in [2.24, 2.45) is 0 Å². The van der Waals surface area contributed by atoms with Gasteiger partial charge in [0.25, 0.3) is 5.69 Å². The Morgan fingerprint density at radius 3 is 2.74 bits per heavy atom. The topological polar surface area (TPSA) is 64.4 Å². The number of rotatable bonds is 7. The Balaban J connectivity index is 1.85. The minimum absolute atomic E-state index is 0.153. The zero-order valence-electron chi connectivity index (χ0n) is 11.4. The molecule has 5 nitrogen and oxygen atoms in total. The van der Waals surface area contributed by atoms with E-state index < -0.39 is 0 Å². The third kappa shape index (κ3) is 3.92. The first-order valence-electron chi connectivity index (χ1n) is 6.69. The highest BCUT2D eigenvalue weighted by atomic mass is 16.6. The number of nitrogens with one attached hydrogen (secondary N) is 1. The van der Waals surface area contributed by atoms with Crippen LogP contribution in [-0.4, -0.2) is 24.1 Å². The minimum atomic E-state index is -0.355. The lowest BCUT2D eigenvalue weighted by Crippen LogP contribution is -2.19. The monoisotopic (exact) mass is 264 g/mol. The fraction of sp³-hybridized carbons (Fsp3) is 0.571. The molecule has 0 radical (unpaired) electrons. The Kier molecular flexibility index (Phi) is 4.37. The van der Waals surface area contributed by atoms with E-state index in [4.69, 9.17) is 4.74 Å². The second-order valence-electron chi connectivity index (χ2n) is 5.09. The van der Waals surface area contributed by atoms with Gasteiger partial charge in [-0.2, -0.15) is 0 Å². The summed E-state index contributed by atoms with van der Waals surface area (Å²) in [7, 11) is 0. The molecular weight excluding hydrogens is 244 g/mol. The van der Waals surface area contributed by atoms with E-state index in [2.05, 4.69) is 5.32 Å². The van der Waals surface area contributed by atoms with Gasteiger partial charge in [-0.3, -0.25) is 10.1 Å². The quantitative estimate of drug-likeness (QED) is 0.467. The number of nitrogens with zero attached hydrogens (tertiary/aromatic N) is 1. The van der Waals surface area contributed by atoms with Crippen molar-refractivity contribution in [1.82, 2.24) is 5.32 Å². The van der Waals surface area contributed by atoms with Crippen molar-refractivity contribution in [3.8, 4) is 5.75 Å². The summed E-state index contributed by atoms with van der Waals surface area (Å²) < 4.78 is 5.69. The summed E-state index contributed by atoms with van der Waals surface area (Å²) in [6.45, 7) is 5.18. The van der Waals surface area contributed by atoms with Gasteiger partial charge >= 0.3 is 0 Å². The van der Waals surface area contributed by atoms with Gasteiger partial charge in [-0.05, 0) is 51.3 Å². The maximum absolute atomic E-state index is 10.8. The van der Waals surface area contributed by atoms with Gasteiger partial charge in [-0.15, -0.1) is 0 Å². The third-order valence-electron chi connectivity index (χ3n) is 3.28. The van der Waals surface area contributed by atoms with Gasteiger partial charge in [0.05, 0.1) is 11.5 Å². The summed E-state index contributed by atoms with van der Waals surface area (Å²) in [5.74, 6) is 0.745. The molecule has 0 unspecified atom stereocenters. The fourth-order valence-electron chi connectivity index (χ4n) is 1.97. The number of aryl methyl sites for hydroxylation is 2. The molecular formula is C14H20N2O3. The zero-order chi connectivity index (χ0) is 13.8. The van der Waals surface area contributed by atoms with Crippen molar-refractivity contribution in [3.05, 3.63) is 33.4 Å². The molecule has 0 amide bonds. The van der Waals surface area contributed by atoms with Crippen molar-refractivity contribution >= 4 is 5.69 Å². The van der Waals surface area contributed by atoms with Crippen LogP contribution in [0, 0.1) is 24.0 Å². The molecule has 0 aliphatic heterocycles. The van der Waals surface area contributed by atoms with Crippen LogP contribution >= 0.6 is 0 Å². The summed E-state index contributed by atoms with van der Waals surface area (Å²) in [6, 6.07) is 4.05. The van der Waals surface area contributed by atoms with Crippen molar-refractivity contribution in [2.45, 2.75) is 39.2 Å². The maximum Gasteiger partial charge on any atom is 0.272 e. The maximum atomic E-state index is 10.8. The van der Waals surface area contributed by atoms with Crippen LogP contribution in [0.15, 0.2) is 12.1 Å². The molecule has 1 aliphatic rings. The fourth-order valence-corrected chi connectivity index (χ4v) is 1.97. The van der Waals surface area contributed by atoms with Crippen LogP contribution in [-0.2, 0) is 0 Å². The number of nitro benzene ring substituents is 1. The molecule has 1 aliphatic carbocycles. The molecule has 1 N–H and O–H groups in total. The molecule has 0 atom stereocenters. The zero-order valence-corrected chi connectivity index (χ0v) is 11.4. The lowest BCUT2D eigenvalue weighted by atomic mass is 10.1. The second kappa shape index (κ2) is 6.02. The largest absolute Gasteiger partial charge is 0.493 e. The average Bonchev–Trinajstić information content (AvgIpc) is 3.16. The molecule has 0 aromatic heterocycles. The molecule has 1 fully saturated rings. The van der Waals surface area contributed by atoms with Gasteiger partial charge in [0, 0.05) is 17.7 Å². The minimum Gasteiger partial charge on any atom is -0.493 e. The first-order valence-corrected chi connectivity index (χ1v) is 6.69. The summed E-state index contributed by atoms with van der Waals surface area (Å²) in [5.41, 5.74) is 1.61. The summed E-state index contributed by atoms with van der Waals surface area (Å²) >= 11 is 0. The van der Waals surface area contributed by atoms with Crippen LogP contribution in [0.3, 0.4) is 0 Å². The Morgan fingerprint density at radius 2 is 2.11 bits per heavy atom. The Hall–Kier alpha value is -1.62. The van der Waals surface area contributed by atoms with E-state index in [-0.39, 0.29) is 10.6 Å². The standard InChI is InChI=1S/C14H20N2O3/c1-10-9-14(11(2)8-13(10)16(17)18)19-7-3-6-15-12-4-5-12/h8-9,12,15H,3-7H2,1-2H3. The predicted molar refractivity (Wildman–Crippen MR) is 73.7 cm³/mol. The van der Waals surface area contributed by atoms with Gasteiger partial charge < -0.3 is 10.1 Å². The Bertz CT molecular complexity index is 470.